The van der Waals surface area contributed by atoms with Crippen LogP contribution in [0.2, 0.25) is 0 Å². The van der Waals surface area contributed by atoms with Crippen molar-refractivity contribution >= 4 is 11.9 Å². The molecule has 1 saturated heterocycles. The molecule has 1 heterocycles. The summed E-state index contributed by atoms with van der Waals surface area (Å²) in [7, 11) is 0. The fourth-order valence-corrected chi connectivity index (χ4v) is 3.86. The van der Waals surface area contributed by atoms with Crippen LogP contribution >= 0.6 is 0 Å². The van der Waals surface area contributed by atoms with E-state index in [9.17, 15) is 9.59 Å². The molecule has 2 N–H and O–H groups in total. The number of carbonyl (C=O) groups is 2. The quantitative estimate of drug-likeness (QED) is 0.834. The smallest absolute Gasteiger partial charge is 0.318 e. The molecule has 1 aliphatic carbocycles. The number of nitrogens with zero attached hydrogens (tertiary/aromatic N) is 1. The van der Waals surface area contributed by atoms with E-state index in [1.54, 1.807) is 0 Å². The largest absolute Gasteiger partial charge is 0.352 e. The van der Waals surface area contributed by atoms with Crippen LogP contribution in [0.4, 0.5) is 4.79 Å². The average Bonchev–Trinajstić information content (AvgIpc) is 3.03. The number of benzene rings is 1. The van der Waals surface area contributed by atoms with Crippen molar-refractivity contribution in [1.82, 2.24) is 15.5 Å². The molecule has 0 bridgehead atoms. The summed E-state index contributed by atoms with van der Waals surface area (Å²) in [5.41, 5.74) is 1.28. The molecule has 2 atom stereocenters. The van der Waals surface area contributed by atoms with Gasteiger partial charge in [-0.25, -0.2) is 4.79 Å². The van der Waals surface area contributed by atoms with Crippen LogP contribution < -0.4 is 10.6 Å². The van der Waals surface area contributed by atoms with Crippen LogP contribution in [0, 0.1) is 0 Å². The summed E-state index contributed by atoms with van der Waals surface area (Å²) in [6.45, 7) is 2.53. The van der Waals surface area contributed by atoms with E-state index in [1.165, 1.54) is 24.8 Å². The fraction of sp³-hybridized carbons (Fsp3) is 0.600. The predicted molar refractivity (Wildman–Crippen MR) is 98.3 cm³/mol. The zero-order valence-electron chi connectivity index (χ0n) is 15.0. The summed E-state index contributed by atoms with van der Waals surface area (Å²) in [4.78, 5) is 26.6. The molecule has 0 aromatic heterocycles. The van der Waals surface area contributed by atoms with Gasteiger partial charge < -0.3 is 15.5 Å². The SMILES string of the molecule is CC(CCc1ccccc1)NC(=O)C1CN(C2CCCCC2)C(=O)N1. The van der Waals surface area contributed by atoms with Gasteiger partial charge in [0.1, 0.15) is 6.04 Å². The van der Waals surface area contributed by atoms with Crippen molar-refractivity contribution in [2.45, 2.75) is 70.0 Å². The molecule has 25 heavy (non-hydrogen) atoms. The minimum atomic E-state index is -0.423. The Morgan fingerprint density at radius 2 is 1.96 bits per heavy atom. The summed E-state index contributed by atoms with van der Waals surface area (Å²) >= 11 is 0. The highest BCUT2D eigenvalue weighted by atomic mass is 16.2. The highest BCUT2D eigenvalue weighted by Crippen LogP contribution is 2.24. The maximum absolute atomic E-state index is 12.5. The van der Waals surface area contributed by atoms with Crippen molar-refractivity contribution in [2.24, 2.45) is 0 Å². The molecular formula is C20H29N3O2. The maximum Gasteiger partial charge on any atom is 0.318 e. The van der Waals surface area contributed by atoms with Gasteiger partial charge in [-0.15, -0.1) is 0 Å². The molecule has 3 amide bonds. The lowest BCUT2D eigenvalue weighted by molar-refractivity contribution is -0.123. The highest BCUT2D eigenvalue weighted by Gasteiger charge is 2.37. The Bertz CT molecular complexity index is 584. The van der Waals surface area contributed by atoms with E-state index in [0.29, 0.717) is 12.6 Å². The van der Waals surface area contributed by atoms with Gasteiger partial charge in [-0.3, -0.25) is 4.79 Å². The maximum atomic E-state index is 12.5. The summed E-state index contributed by atoms with van der Waals surface area (Å²) in [5.74, 6) is -0.0628. The van der Waals surface area contributed by atoms with Gasteiger partial charge in [-0.05, 0) is 38.2 Å². The Kier molecular flexibility index (Phi) is 5.95. The highest BCUT2D eigenvalue weighted by molar-refractivity contribution is 5.90. The molecule has 2 unspecified atom stereocenters. The Hall–Kier alpha value is -2.04. The van der Waals surface area contributed by atoms with Crippen LogP contribution in [-0.4, -0.2) is 41.5 Å². The van der Waals surface area contributed by atoms with E-state index in [-0.39, 0.29) is 18.0 Å². The second-order valence-electron chi connectivity index (χ2n) is 7.38. The monoisotopic (exact) mass is 343 g/mol. The Morgan fingerprint density at radius 3 is 2.68 bits per heavy atom. The van der Waals surface area contributed by atoms with Crippen LogP contribution in [0.1, 0.15) is 51.0 Å². The van der Waals surface area contributed by atoms with E-state index in [4.69, 9.17) is 0 Å². The van der Waals surface area contributed by atoms with Crippen LogP contribution in [0.25, 0.3) is 0 Å². The molecule has 0 radical (unpaired) electrons. The Morgan fingerprint density at radius 1 is 1.24 bits per heavy atom. The van der Waals surface area contributed by atoms with Crippen LogP contribution in [-0.2, 0) is 11.2 Å². The predicted octanol–water partition coefficient (Wildman–Crippen LogP) is 2.85. The number of hydrogen-bond donors (Lipinski definition) is 2. The lowest BCUT2D eigenvalue weighted by atomic mass is 9.94. The van der Waals surface area contributed by atoms with Crippen molar-refractivity contribution < 1.29 is 9.59 Å². The molecule has 5 nitrogen and oxygen atoms in total. The lowest BCUT2D eigenvalue weighted by Crippen LogP contribution is -2.46. The Labute approximate surface area is 150 Å². The summed E-state index contributed by atoms with van der Waals surface area (Å²) in [6, 6.07) is 10.2. The van der Waals surface area contributed by atoms with E-state index < -0.39 is 6.04 Å². The number of urea groups is 1. The minimum Gasteiger partial charge on any atom is -0.352 e. The molecule has 0 spiro atoms. The van der Waals surface area contributed by atoms with Gasteiger partial charge in [0.25, 0.3) is 0 Å². The van der Waals surface area contributed by atoms with Crippen molar-refractivity contribution in [3.63, 3.8) is 0 Å². The number of amides is 3. The van der Waals surface area contributed by atoms with Crippen molar-refractivity contribution in [2.75, 3.05) is 6.54 Å². The first-order chi connectivity index (χ1) is 12.1. The van der Waals surface area contributed by atoms with Crippen LogP contribution in [0.15, 0.2) is 30.3 Å². The van der Waals surface area contributed by atoms with Gasteiger partial charge in [-0.1, -0.05) is 49.6 Å². The summed E-state index contributed by atoms with van der Waals surface area (Å²) in [6.07, 6.45) is 7.58. The molecule has 1 aromatic carbocycles. The van der Waals surface area contributed by atoms with E-state index in [2.05, 4.69) is 22.8 Å². The third-order valence-electron chi connectivity index (χ3n) is 5.37. The second kappa shape index (κ2) is 8.37. The topological polar surface area (TPSA) is 61.4 Å². The molecule has 1 aliphatic heterocycles. The first kappa shape index (κ1) is 17.8. The second-order valence-corrected chi connectivity index (χ2v) is 7.38. The van der Waals surface area contributed by atoms with Gasteiger partial charge in [0.2, 0.25) is 5.91 Å². The molecule has 1 saturated carbocycles. The zero-order chi connectivity index (χ0) is 17.6. The molecule has 3 rings (SSSR count). The number of carbonyl (C=O) groups excluding carboxylic acids is 2. The van der Waals surface area contributed by atoms with Gasteiger partial charge >= 0.3 is 6.03 Å². The lowest BCUT2D eigenvalue weighted by Gasteiger charge is -2.30. The minimum absolute atomic E-state index is 0.0628. The summed E-state index contributed by atoms with van der Waals surface area (Å²) < 4.78 is 0. The molecule has 2 fully saturated rings. The third kappa shape index (κ3) is 4.74. The van der Waals surface area contributed by atoms with Crippen molar-refractivity contribution in [3.8, 4) is 0 Å². The fourth-order valence-electron chi connectivity index (χ4n) is 3.86. The standard InChI is InChI=1S/C20H29N3O2/c1-15(12-13-16-8-4-2-5-9-16)21-19(24)18-14-23(20(25)22-18)17-10-6-3-7-11-17/h2,4-5,8-9,15,17-18H,3,6-7,10-14H2,1H3,(H,21,24)(H,22,25). The average molecular weight is 343 g/mol. The van der Waals surface area contributed by atoms with Gasteiger partial charge in [0, 0.05) is 12.1 Å². The number of hydrogen-bond acceptors (Lipinski definition) is 2. The normalized spacial score (nSPS) is 22.5. The van der Waals surface area contributed by atoms with Gasteiger partial charge in [-0.2, -0.15) is 0 Å². The molecule has 2 aliphatic rings. The van der Waals surface area contributed by atoms with E-state index >= 15 is 0 Å². The number of rotatable bonds is 6. The van der Waals surface area contributed by atoms with Crippen molar-refractivity contribution in [3.05, 3.63) is 35.9 Å². The first-order valence-corrected chi connectivity index (χ1v) is 9.55. The molecular weight excluding hydrogens is 314 g/mol. The first-order valence-electron chi connectivity index (χ1n) is 9.55. The number of aryl methyl sites for hydroxylation is 1. The Balaban J connectivity index is 1.45. The molecule has 136 valence electrons. The zero-order valence-corrected chi connectivity index (χ0v) is 15.0. The van der Waals surface area contributed by atoms with Gasteiger partial charge in [0.15, 0.2) is 0 Å². The number of nitrogens with one attached hydrogen (secondary N) is 2. The van der Waals surface area contributed by atoms with E-state index in [1.807, 2.05) is 30.0 Å². The van der Waals surface area contributed by atoms with Gasteiger partial charge in [0.05, 0.1) is 6.54 Å². The molecule has 5 heteroatoms. The third-order valence-corrected chi connectivity index (χ3v) is 5.37. The van der Waals surface area contributed by atoms with E-state index in [0.717, 1.165) is 25.7 Å². The van der Waals surface area contributed by atoms with Crippen LogP contribution in [0.5, 0.6) is 0 Å². The van der Waals surface area contributed by atoms with Crippen LogP contribution in [0.3, 0.4) is 0 Å². The molecule has 1 aromatic rings. The summed E-state index contributed by atoms with van der Waals surface area (Å²) in [5, 5.41) is 5.91. The van der Waals surface area contributed by atoms with Crippen molar-refractivity contribution in [1.29, 1.82) is 0 Å².